The Balaban J connectivity index is 2.57. The van der Waals surface area contributed by atoms with Gasteiger partial charge in [-0.15, -0.1) is 0 Å². The van der Waals surface area contributed by atoms with Crippen LogP contribution in [0.2, 0.25) is 0 Å². The molecule has 0 aliphatic heterocycles. The molecule has 1 N–H and O–H groups in total. The Morgan fingerprint density at radius 1 is 1.54 bits per heavy atom. The highest BCUT2D eigenvalue weighted by Gasteiger charge is 2.01. The van der Waals surface area contributed by atoms with Crippen molar-refractivity contribution in [1.82, 2.24) is 9.97 Å². The lowest BCUT2D eigenvalue weighted by molar-refractivity contribution is 1.16. The van der Waals surface area contributed by atoms with Gasteiger partial charge in [-0.2, -0.15) is 5.26 Å². The summed E-state index contributed by atoms with van der Waals surface area (Å²) in [6.45, 7) is 0. The summed E-state index contributed by atoms with van der Waals surface area (Å²) in [6.07, 6.45) is 2.13. The Hall–Kier alpha value is -1.34. The van der Waals surface area contributed by atoms with Crippen molar-refractivity contribution >= 4 is 27.0 Å². The number of halogens is 1. The molecule has 64 valence electrons. The number of nitrogens with zero attached hydrogens (tertiary/aromatic N) is 2. The lowest BCUT2D eigenvalue weighted by Crippen LogP contribution is -1.79. The molecule has 0 aromatic carbocycles. The molecule has 0 aliphatic carbocycles. The fraction of sp³-hybridized carbons (Fsp3) is 0.111. The van der Waals surface area contributed by atoms with Gasteiger partial charge in [-0.25, -0.2) is 4.98 Å². The molecule has 0 spiro atoms. The van der Waals surface area contributed by atoms with Crippen molar-refractivity contribution in [2.75, 3.05) is 0 Å². The molecule has 0 atom stereocenters. The van der Waals surface area contributed by atoms with Gasteiger partial charge in [0.15, 0.2) is 0 Å². The van der Waals surface area contributed by atoms with Crippen molar-refractivity contribution in [3.05, 3.63) is 28.5 Å². The van der Waals surface area contributed by atoms with Gasteiger partial charge in [0.2, 0.25) is 0 Å². The van der Waals surface area contributed by atoms with Gasteiger partial charge in [-0.1, -0.05) is 0 Å². The minimum atomic E-state index is 0.397. The first-order valence-corrected chi connectivity index (χ1v) is 4.59. The Labute approximate surface area is 83.5 Å². The quantitative estimate of drug-likeness (QED) is 0.826. The van der Waals surface area contributed by atoms with Crippen LogP contribution in [0.15, 0.2) is 22.8 Å². The third kappa shape index (κ3) is 1.56. The third-order valence-corrected chi connectivity index (χ3v) is 2.20. The van der Waals surface area contributed by atoms with Crippen LogP contribution in [0, 0.1) is 11.3 Å². The topological polar surface area (TPSA) is 52.5 Å². The van der Waals surface area contributed by atoms with E-state index in [9.17, 15) is 0 Å². The van der Waals surface area contributed by atoms with Crippen LogP contribution < -0.4 is 0 Å². The molecule has 2 rings (SSSR count). The maximum atomic E-state index is 8.50. The Bertz CT molecular complexity index is 481. The van der Waals surface area contributed by atoms with Crippen molar-refractivity contribution in [3.8, 4) is 6.07 Å². The van der Waals surface area contributed by atoms with Gasteiger partial charge in [0.1, 0.15) is 5.65 Å². The second-order valence-electron chi connectivity index (χ2n) is 2.72. The lowest BCUT2D eigenvalue weighted by atomic mass is 10.3. The molecule has 0 radical (unpaired) electrons. The zero-order valence-electron chi connectivity index (χ0n) is 6.71. The molecule has 0 saturated heterocycles. The molecule has 0 bridgehead atoms. The molecule has 2 aromatic heterocycles. The SMILES string of the molecule is N#CCc1cc2cc(Br)cnc2[nH]1. The Kier molecular flexibility index (Phi) is 2.03. The van der Waals surface area contributed by atoms with Gasteiger partial charge < -0.3 is 4.98 Å². The standard InChI is InChI=1S/C9H6BrN3/c10-7-3-6-4-8(1-2-11)13-9(6)12-5-7/h3-5H,1H2,(H,12,13). The van der Waals surface area contributed by atoms with Gasteiger partial charge in [0.05, 0.1) is 12.5 Å². The van der Waals surface area contributed by atoms with E-state index in [1.165, 1.54) is 0 Å². The van der Waals surface area contributed by atoms with Crippen molar-refractivity contribution in [1.29, 1.82) is 5.26 Å². The molecular formula is C9H6BrN3. The number of aromatic amines is 1. The molecule has 2 aromatic rings. The van der Waals surface area contributed by atoms with Crippen molar-refractivity contribution in [2.24, 2.45) is 0 Å². The van der Waals surface area contributed by atoms with E-state index in [4.69, 9.17) is 5.26 Å². The first-order valence-electron chi connectivity index (χ1n) is 3.79. The predicted octanol–water partition coefficient (Wildman–Crippen LogP) is 2.39. The number of hydrogen-bond donors (Lipinski definition) is 1. The second-order valence-corrected chi connectivity index (χ2v) is 3.64. The molecule has 3 nitrogen and oxygen atoms in total. The average Bonchev–Trinajstić information content (AvgIpc) is 2.46. The van der Waals surface area contributed by atoms with Gasteiger partial charge in [-0.05, 0) is 28.1 Å². The van der Waals surface area contributed by atoms with E-state index < -0.39 is 0 Å². The predicted molar refractivity (Wildman–Crippen MR) is 53.1 cm³/mol. The Morgan fingerprint density at radius 2 is 2.38 bits per heavy atom. The highest BCUT2D eigenvalue weighted by atomic mass is 79.9. The summed E-state index contributed by atoms with van der Waals surface area (Å²) in [7, 11) is 0. The number of nitrogens with one attached hydrogen (secondary N) is 1. The Morgan fingerprint density at radius 3 is 3.15 bits per heavy atom. The number of rotatable bonds is 1. The second kappa shape index (κ2) is 3.19. The van der Waals surface area contributed by atoms with Gasteiger partial charge in [-0.3, -0.25) is 0 Å². The fourth-order valence-corrected chi connectivity index (χ4v) is 1.57. The van der Waals surface area contributed by atoms with Gasteiger partial charge in [0.25, 0.3) is 0 Å². The monoisotopic (exact) mass is 235 g/mol. The first kappa shape index (κ1) is 8.27. The third-order valence-electron chi connectivity index (χ3n) is 1.76. The van der Waals surface area contributed by atoms with Crippen LogP contribution in [0.3, 0.4) is 0 Å². The normalized spacial score (nSPS) is 10.2. The van der Waals surface area contributed by atoms with Crippen LogP contribution in [-0.2, 0) is 6.42 Å². The zero-order valence-corrected chi connectivity index (χ0v) is 8.30. The van der Waals surface area contributed by atoms with E-state index in [0.29, 0.717) is 6.42 Å². The lowest BCUT2D eigenvalue weighted by Gasteiger charge is -1.88. The van der Waals surface area contributed by atoms with E-state index in [1.807, 2.05) is 12.1 Å². The number of H-pyrrole nitrogens is 1. The molecule has 0 aliphatic rings. The van der Waals surface area contributed by atoms with E-state index in [-0.39, 0.29) is 0 Å². The van der Waals surface area contributed by atoms with E-state index in [2.05, 4.69) is 32.0 Å². The van der Waals surface area contributed by atoms with Gasteiger partial charge >= 0.3 is 0 Å². The molecule has 0 unspecified atom stereocenters. The molecule has 0 saturated carbocycles. The minimum absolute atomic E-state index is 0.397. The first-order chi connectivity index (χ1) is 6.29. The van der Waals surface area contributed by atoms with Crippen molar-refractivity contribution in [2.45, 2.75) is 6.42 Å². The summed E-state index contributed by atoms with van der Waals surface area (Å²) in [5.74, 6) is 0. The molecular weight excluding hydrogens is 230 g/mol. The highest BCUT2D eigenvalue weighted by Crippen LogP contribution is 2.17. The van der Waals surface area contributed by atoms with E-state index in [0.717, 1.165) is 21.2 Å². The summed E-state index contributed by atoms with van der Waals surface area (Å²) in [6, 6.07) is 6.00. The molecule has 2 heterocycles. The average molecular weight is 236 g/mol. The number of nitriles is 1. The smallest absolute Gasteiger partial charge is 0.137 e. The highest BCUT2D eigenvalue weighted by molar-refractivity contribution is 9.10. The minimum Gasteiger partial charge on any atom is -0.342 e. The molecule has 13 heavy (non-hydrogen) atoms. The summed E-state index contributed by atoms with van der Waals surface area (Å²) in [4.78, 5) is 7.24. The van der Waals surface area contributed by atoms with Crippen LogP contribution in [0.25, 0.3) is 11.0 Å². The maximum absolute atomic E-state index is 8.50. The summed E-state index contributed by atoms with van der Waals surface area (Å²) in [5.41, 5.74) is 1.73. The summed E-state index contributed by atoms with van der Waals surface area (Å²) in [5, 5.41) is 9.53. The van der Waals surface area contributed by atoms with Crippen LogP contribution in [-0.4, -0.2) is 9.97 Å². The molecule has 0 amide bonds. The van der Waals surface area contributed by atoms with Gasteiger partial charge in [0, 0.05) is 21.7 Å². The van der Waals surface area contributed by atoms with Crippen LogP contribution in [0.5, 0.6) is 0 Å². The largest absolute Gasteiger partial charge is 0.342 e. The van der Waals surface area contributed by atoms with Crippen LogP contribution in [0.4, 0.5) is 0 Å². The maximum Gasteiger partial charge on any atom is 0.137 e. The molecule has 0 fully saturated rings. The molecule has 4 heteroatoms. The zero-order chi connectivity index (χ0) is 9.26. The number of fused-ring (bicyclic) bond motifs is 1. The van der Waals surface area contributed by atoms with E-state index >= 15 is 0 Å². The number of hydrogen-bond acceptors (Lipinski definition) is 2. The van der Waals surface area contributed by atoms with Crippen molar-refractivity contribution in [3.63, 3.8) is 0 Å². The van der Waals surface area contributed by atoms with Crippen molar-refractivity contribution < 1.29 is 0 Å². The number of pyridine rings is 1. The number of aromatic nitrogens is 2. The summed E-state index contributed by atoms with van der Waals surface area (Å²) < 4.78 is 0.947. The van der Waals surface area contributed by atoms with Crippen LogP contribution >= 0.6 is 15.9 Å². The summed E-state index contributed by atoms with van der Waals surface area (Å²) >= 11 is 3.34. The van der Waals surface area contributed by atoms with E-state index in [1.54, 1.807) is 6.20 Å². The van der Waals surface area contributed by atoms with Crippen LogP contribution in [0.1, 0.15) is 5.69 Å². The fourth-order valence-electron chi connectivity index (χ4n) is 1.23.